The maximum Gasteiger partial charge on any atom is 0.328 e. The summed E-state index contributed by atoms with van der Waals surface area (Å²) in [7, 11) is 0. The van der Waals surface area contributed by atoms with Crippen LogP contribution < -0.4 is 5.32 Å². The first kappa shape index (κ1) is 13.2. The molecule has 82 valence electrons. The third-order valence-electron chi connectivity index (χ3n) is 2.45. The Bertz CT molecular complexity index is 204. The van der Waals surface area contributed by atoms with Crippen molar-refractivity contribution < 1.29 is 9.90 Å². The molecule has 3 nitrogen and oxygen atoms in total. The lowest BCUT2D eigenvalue weighted by molar-refractivity contribution is -0.131. The number of carboxylic acid groups (broad SMARTS) is 1. The fourth-order valence-corrected chi connectivity index (χ4v) is 0.849. The molecule has 1 atom stereocenters. The predicted octanol–water partition coefficient (Wildman–Crippen LogP) is 1.90. The molecule has 0 bridgehead atoms. The van der Waals surface area contributed by atoms with Crippen LogP contribution in [0.1, 0.15) is 27.7 Å². The van der Waals surface area contributed by atoms with E-state index in [2.05, 4.69) is 33.0 Å². The van der Waals surface area contributed by atoms with Gasteiger partial charge in [-0.2, -0.15) is 0 Å². The molecule has 3 heteroatoms. The minimum atomic E-state index is -0.893. The molecule has 14 heavy (non-hydrogen) atoms. The molecular formula is C11H21NO2. The van der Waals surface area contributed by atoms with Crippen molar-refractivity contribution in [1.29, 1.82) is 0 Å². The van der Waals surface area contributed by atoms with Gasteiger partial charge in [0.05, 0.1) is 0 Å². The van der Waals surface area contributed by atoms with Crippen LogP contribution in [-0.2, 0) is 4.79 Å². The Balaban J connectivity index is 3.60. The molecule has 0 aromatic rings. The van der Waals surface area contributed by atoms with Crippen molar-refractivity contribution in [3.8, 4) is 0 Å². The van der Waals surface area contributed by atoms with Crippen LogP contribution in [0.25, 0.3) is 0 Å². The van der Waals surface area contributed by atoms with Crippen LogP contribution >= 0.6 is 0 Å². The van der Waals surface area contributed by atoms with Gasteiger partial charge in [-0.25, -0.2) is 4.79 Å². The quantitative estimate of drug-likeness (QED) is 0.525. The Kier molecular flexibility index (Phi) is 5.46. The Morgan fingerprint density at radius 1 is 1.50 bits per heavy atom. The van der Waals surface area contributed by atoms with E-state index in [0.29, 0.717) is 17.9 Å². The zero-order valence-electron chi connectivity index (χ0n) is 9.50. The first-order valence-electron chi connectivity index (χ1n) is 4.94. The lowest BCUT2D eigenvalue weighted by atomic mass is 9.82. The van der Waals surface area contributed by atoms with E-state index < -0.39 is 5.97 Å². The number of hydrogen-bond acceptors (Lipinski definition) is 2. The Labute approximate surface area is 86.2 Å². The van der Waals surface area contributed by atoms with Crippen molar-refractivity contribution in [3.63, 3.8) is 0 Å². The normalized spacial score (nSPS) is 14.6. The summed E-state index contributed by atoms with van der Waals surface area (Å²) in [6.45, 7) is 10.3. The number of aliphatic carboxylic acids is 1. The van der Waals surface area contributed by atoms with Crippen LogP contribution in [0.3, 0.4) is 0 Å². The molecule has 0 heterocycles. The van der Waals surface area contributed by atoms with Gasteiger partial charge >= 0.3 is 5.97 Å². The first-order valence-corrected chi connectivity index (χ1v) is 4.94. The van der Waals surface area contributed by atoms with Crippen molar-refractivity contribution >= 4 is 5.97 Å². The molecule has 0 aromatic heterocycles. The topological polar surface area (TPSA) is 49.3 Å². The second kappa shape index (κ2) is 5.81. The fourth-order valence-electron chi connectivity index (χ4n) is 0.849. The average Bonchev–Trinajstić information content (AvgIpc) is 2.01. The van der Waals surface area contributed by atoms with Gasteiger partial charge in [0.25, 0.3) is 0 Å². The summed E-state index contributed by atoms with van der Waals surface area (Å²) >= 11 is 0. The summed E-state index contributed by atoms with van der Waals surface area (Å²) in [6, 6.07) is 0. The van der Waals surface area contributed by atoms with Crippen molar-refractivity contribution in [1.82, 2.24) is 5.32 Å². The highest BCUT2D eigenvalue weighted by Crippen LogP contribution is 2.24. The summed E-state index contributed by atoms with van der Waals surface area (Å²) in [5.41, 5.74) is 0.295. The third kappa shape index (κ3) is 6.66. The van der Waals surface area contributed by atoms with E-state index in [1.165, 1.54) is 0 Å². The van der Waals surface area contributed by atoms with Gasteiger partial charge in [0.1, 0.15) is 0 Å². The lowest BCUT2D eigenvalue weighted by Gasteiger charge is -2.27. The average molecular weight is 199 g/mol. The molecule has 0 amide bonds. The van der Waals surface area contributed by atoms with Gasteiger partial charge in [-0.1, -0.05) is 33.8 Å². The van der Waals surface area contributed by atoms with Crippen molar-refractivity contribution in [2.75, 3.05) is 13.1 Å². The highest BCUT2D eigenvalue weighted by Gasteiger charge is 2.18. The van der Waals surface area contributed by atoms with E-state index in [4.69, 9.17) is 5.11 Å². The SMILES string of the molecule is CC(CNC/C=C/C(=O)O)C(C)(C)C. The first-order chi connectivity index (χ1) is 6.34. The summed E-state index contributed by atoms with van der Waals surface area (Å²) in [5.74, 6) is -0.323. The van der Waals surface area contributed by atoms with Crippen LogP contribution in [0, 0.1) is 11.3 Å². The largest absolute Gasteiger partial charge is 0.478 e. The second-order valence-electron chi connectivity index (χ2n) is 4.67. The van der Waals surface area contributed by atoms with Gasteiger partial charge in [-0.15, -0.1) is 0 Å². The van der Waals surface area contributed by atoms with Crippen molar-refractivity contribution in [2.45, 2.75) is 27.7 Å². The standard InChI is InChI=1S/C11H21NO2/c1-9(11(2,3)4)8-12-7-5-6-10(13)14/h5-6,9,12H,7-8H2,1-4H3,(H,13,14)/b6-5+. The molecule has 0 aromatic carbocycles. The Hall–Kier alpha value is -0.830. The van der Waals surface area contributed by atoms with E-state index in [-0.39, 0.29) is 0 Å². The smallest absolute Gasteiger partial charge is 0.328 e. The zero-order valence-corrected chi connectivity index (χ0v) is 9.50. The molecule has 0 rings (SSSR count). The van der Waals surface area contributed by atoms with Gasteiger partial charge in [0.15, 0.2) is 0 Å². The number of carbonyl (C=O) groups is 1. The Morgan fingerprint density at radius 3 is 2.50 bits per heavy atom. The molecule has 0 aliphatic rings. The van der Waals surface area contributed by atoms with Crippen LogP contribution in [0.5, 0.6) is 0 Å². The zero-order chi connectivity index (χ0) is 11.2. The second-order valence-corrected chi connectivity index (χ2v) is 4.67. The predicted molar refractivity (Wildman–Crippen MR) is 58.3 cm³/mol. The monoisotopic (exact) mass is 199 g/mol. The molecule has 0 fully saturated rings. The summed E-state index contributed by atoms with van der Waals surface area (Å²) in [4.78, 5) is 10.1. The molecule has 0 radical (unpaired) electrons. The fraction of sp³-hybridized carbons (Fsp3) is 0.727. The number of hydrogen-bond donors (Lipinski definition) is 2. The van der Waals surface area contributed by atoms with Gasteiger partial charge in [-0.3, -0.25) is 0 Å². The van der Waals surface area contributed by atoms with E-state index in [1.807, 2.05) is 0 Å². The van der Waals surface area contributed by atoms with Gasteiger partial charge in [-0.05, 0) is 17.9 Å². The maximum absolute atomic E-state index is 10.1. The number of rotatable bonds is 5. The molecule has 1 unspecified atom stereocenters. The van der Waals surface area contributed by atoms with E-state index in [0.717, 1.165) is 12.6 Å². The molecular weight excluding hydrogens is 178 g/mol. The van der Waals surface area contributed by atoms with Crippen LogP contribution in [0.2, 0.25) is 0 Å². The van der Waals surface area contributed by atoms with E-state index in [1.54, 1.807) is 6.08 Å². The number of carboxylic acids is 1. The molecule has 0 aliphatic heterocycles. The highest BCUT2D eigenvalue weighted by molar-refractivity contribution is 5.79. The van der Waals surface area contributed by atoms with E-state index in [9.17, 15) is 4.79 Å². The summed E-state index contributed by atoms with van der Waals surface area (Å²) in [5, 5.41) is 11.5. The summed E-state index contributed by atoms with van der Waals surface area (Å²) < 4.78 is 0. The minimum Gasteiger partial charge on any atom is -0.478 e. The number of nitrogens with one attached hydrogen (secondary N) is 1. The molecule has 2 N–H and O–H groups in total. The lowest BCUT2D eigenvalue weighted by Crippen LogP contribution is -2.29. The maximum atomic E-state index is 10.1. The molecule has 0 spiro atoms. The van der Waals surface area contributed by atoms with Crippen LogP contribution in [0.15, 0.2) is 12.2 Å². The highest BCUT2D eigenvalue weighted by atomic mass is 16.4. The third-order valence-corrected chi connectivity index (χ3v) is 2.45. The molecule has 0 aliphatic carbocycles. The van der Waals surface area contributed by atoms with Crippen LogP contribution in [-0.4, -0.2) is 24.2 Å². The van der Waals surface area contributed by atoms with Crippen LogP contribution in [0.4, 0.5) is 0 Å². The Morgan fingerprint density at radius 2 is 2.07 bits per heavy atom. The molecule has 0 saturated heterocycles. The van der Waals surface area contributed by atoms with Crippen molar-refractivity contribution in [2.24, 2.45) is 11.3 Å². The van der Waals surface area contributed by atoms with Gasteiger partial charge in [0, 0.05) is 12.6 Å². The minimum absolute atomic E-state index is 0.295. The van der Waals surface area contributed by atoms with E-state index >= 15 is 0 Å². The van der Waals surface area contributed by atoms with Gasteiger partial charge < -0.3 is 10.4 Å². The molecule has 0 saturated carbocycles. The van der Waals surface area contributed by atoms with Crippen molar-refractivity contribution in [3.05, 3.63) is 12.2 Å². The van der Waals surface area contributed by atoms with Gasteiger partial charge in [0.2, 0.25) is 0 Å². The summed E-state index contributed by atoms with van der Waals surface area (Å²) in [6.07, 6.45) is 2.78.